The van der Waals surface area contributed by atoms with Crippen molar-refractivity contribution in [1.82, 2.24) is 4.90 Å². The third-order valence-electron chi connectivity index (χ3n) is 4.10. The molecule has 0 saturated carbocycles. The standard InChI is InChI=1S/C15H21F2NO/c1-15(2,18-8-4-3-5-9-18)14(19)12-7-6-11(16)10-13(12)17/h6-7,10,14,19H,3-5,8-9H2,1-2H3. The molecule has 2 nitrogen and oxygen atoms in total. The maximum Gasteiger partial charge on any atom is 0.131 e. The molecule has 1 N–H and O–H groups in total. The van der Waals surface area contributed by atoms with Gasteiger partial charge in [0.05, 0.1) is 6.10 Å². The van der Waals surface area contributed by atoms with Crippen LogP contribution >= 0.6 is 0 Å². The van der Waals surface area contributed by atoms with Gasteiger partial charge in [0.2, 0.25) is 0 Å². The summed E-state index contributed by atoms with van der Waals surface area (Å²) in [5.41, 5.74) is -0.393. The maximum atomic E-state index is 13.8. The lowest BCUT2D eigenvalue weighted by molar-refractivity contribution is -0.0225. The molecule has 0 bridgehead atoms. The van der Waals surface area contributed by atoms with Gasteiger partial charge >= 0.3 is 0 Å². The van der Waals surface area contributed by atoms with Gasteiger partial charge in [-0.15, -0.1) is 0 Å². The highest BCUT2D eigenvalue weighted by Crippen LogP contribution is 2.34. The number of aliphatic hydroxyl groups is 1. The number of aliphatic hydroxyl groups excluding tert-OH is 1. The van der Waals surface area contributed by atoms with Crippen molar-refractivity contribution in [3.05, 3.63) is 35.4 Å². The Morgan fingerprint density at radius 3 is 2.37 bits per heavy atom. The summed E-state index contributed by atoms with van der Waals surface area (Å²) in [6.07, 6.45) is 2.43. The van der Waals surface area contributed by atoms with Crippen molar-refractivity contribution in [2.75, 3.05) is 13.1 Å². The molecular formula is C15H21F2NO. The molecule has 1 unspecified atom stereocenters. The Hall–Kier alpha value is -1.00. The van der Waals surface area contributed by atoms with Crippen LogP contribution in [0.4, 0.5) is 8.78 Å². The Kier molecular flexibility index (Phi) is 4.21. The molecule has 0 aromatic heterocycles. The van der Waals surface area contributed by atoms with Gasteiger partial charge in [0.1, 0.15) is 11.6 Å². The van der Waals surface area contributed by atoms with Crippen LogP contribution in [0.25, 0.3) is 0 Å². The summed E-state index contributed by atoms with van der Waals surface area (Å²) in [6.45, 7) is 5.64. The number of hydrogen-bond acceptors (Lipinski definition) is 2. The van der Waals surface area contributed by atoms with Crippen LogP contribution in [0.3, 0.4) is 0 Å². The summed E-state index contributed by atoms with van der Waals surface area (Å²) in [5.74, 6) is -1.30. The zero-order valence-electron chi connectivity index (χ0n) is 11.5. The van der Waals surface area contributed by atoms with Crippen LogP contribution in [-0.2, 0) is 0 Å². The molecule has 0 amide bonds. The van der Waals surface area contributed by atoms with E-state index >= 15 is 0 Å². The van der Waals surface area contributed by atoms with Crippen molar-refractivity contribution in [2.24, 2.45) is 0 Å². The van der Waals surface area contributed by atoms with E-state index in [-0.39, 0.29) is 5.56 Å². The minimum Gasteiger partial charge on any atom is -0.386 e. The lowest BCUT2D eigenvalue weighted by Gasteiger charge is -2.44. The van der Waals surface area contributed by atoms with Crippen molar-refractivity contribution < 1.29 is 13.9 Å². The molecule has 1 fully saturated rings. The molecule has 1 saturated heterocycles. The minimum absolute atomic E-state index is 0.164. The predicted octanol–water partition coefficient (Wildman–Crippen LogP) is 3.26. The topological polar surface area (TPSA) is 23.5 Å². The van der Waals surface area contributed by atoms with Gasteiger partial charge in [-0.1, -0.05) is 12.5 Å². The van der Waals surface area contributed by atoms with Gasteiger partial charge in [-0.05, 0) is 45.8 Å². The zero-order chi connectivity index (χ0) is 14.0. The first-order valence-electron chi connectivity index (χ1n) is 6.81. The van der Waals surface area contributed by atoms with Gasteiger partial charge < -0.3 is 5.11 Å². The van der Waals surface area contributed by atoms with Gasteiger partial charge in [-0.3, -0.25) is 4.90 Å². The summed E-state index contributed by atoms with van der Waals surface area (Å²) < 4.78 is 26.7. The molecule has 2 rings (SSSR count). The van der Waals surface area contributed by atoms with E-state index in [4.69, 9.17) is 0 Å². The van der Waals surface area contributed by atoms with Crippen molar-refractivity contribution in [3.8, 4) is 0 Å². The second-order valence-corrected chi connectivity index (χ2v) is 5.77. The predicted molar refractivity (Wildman–Crippen MR) is 70.8 cm³/mol. The maximum absolute atomic E-state index is 13.8. The van der Waals surface area contributed by atoms with E-state index < -0.39 is 23.3 Å². The van der Waals surface area contributed by atoms with Gasteiger partial charge in [0.25, 0.3) is 0 Å². The van der Waals surface area contributed by atoms with Crippen LogP contribution in [0, 0.1) is 11.6 Å². The second-order valence-electron chi connectivity index (χ2n) is 5.77. The molecule has 19 heavy (non-hydrogen) atoms. The molecule has 0 radical (unpaired) electrons. The van der Waals surface area contributed by atoms with E-state index in [2.05, 4.69) is 4.90 Å². The fraction of sp³-hybridized carbons (Fsp3) is 0.600. The van der Waals surface area contributed by atoms with E-state index in [1.165, 1.54) is 18.6 Å². The Morgan fingerprint density at radius 2 is 1.79 bits per heavy atom. The summed E-state index contributed by atoms with van der Waals surface area (Å²) in [7, 11) is 0. The number of likely N-dealkylation sites (tertiary alicyclic amines) is 1. The highest BCUT2D eigenvalue weighted by Gasteiger charge is 2.37. The van der Waals surface area contributed by atoms with Crippen molar-refractivity contribution >= 4 is 0 Å². The minimum atomic E-state index is -0.966. The number of piperidine rings is 1. The first kappa shape index (κ1) is 14.4. The molecule has 1 aromatic carbocycles. The molecule has 1 heterocycles. The van der Waals surface area contributed by atoms with Crippen LogP contribution in [0.1, 0.15) is 44.8 Å². The Labute approximate surface area is 113 Å². The molecule has 106 valence electrons. The number of benzene rings is 1. The largest absolute Gasteiger partial charge is 0.386 e. The van der Waals surface area contributed by atoms with Gasteiger partial charge in [0.15, 0.2) is 0 Å². The normalized spacial score (nSPS) is 19.4. The second kappa shape index (κ2) is 5.55. The van der Waals surface area contributed by atoms with Crippen LogP contribution in [0.15, 0.2) is 18.2 Å². The van der Waals surface area contributed by atoms with Crippen LogP contribution in [0.5, 0.6) is 0 Å². The average Bonchev–Trinajstić information content (AvgIpc) is 2.39. The number of nitrogens with zero attached hydrogens (tertiary/aromatic N) is 1. The Balaban J connectivity index is 2.23. The van der Waals surface area contributed by atoms with Crippen LogP contribution < -0.4 is 0 Å². The van der Waals surface area contributed by atoms with Crippen molar-refractivity contribution in [1.29, 1.82) is 0 Å². The van der Waals surface area contributed by atoms with E-state index in [1.54, 1.807) is 0 Å². The monoisotopic (exact) mass is 269 g/mol. The fourth-order valence-electron chi connectivity index (χ4n) is 2.75. The van der Waals surface area contributed by atoms with E-state index in [9.17, 15) is 13.9 Å². The Bertz CT molecular complexity index is 442. The molecular weight excluding hydrogens is 248 g/mol. The molecule has 1 aliphatic rings. The van der Waals surface area contributed by atoms with E-state index in [1.807, 2.05) is 13.8 Å². The average molecular weight is 269 g/mol. The highest BCUT2D eigenvalue weighted by atomic mass is 19.1. The van der Waals surface area contributed by atoms with E-state index in [0.29, 0.717) is 0 Å². The number of rotatable bonds is 3. The summed E-state index contributed by atoms with van der Waals surface area (Å²) in [5, 5.41) is 10.5. The van der Waals surface area contributed by atoms with Crippen LogP contribution in [-0.4, -0.2) is 28.6 Å². The number of hydrogen-bond donors (Lipinski definition) is 1. The van der Waals surface area contributed by atoms with Crippen molar-refractivity contribution in [2.45, 2.75) is 44.8 Å². The van der Waals surface area contributed by atoms with Gasteiger partial charge in [-0.2, -0.15) is 0 Å². The van der Waals surface area contributed by atoms with Gasteiger partial charge in [-0.25, -0.2) is 8.78 Å². The number of halogens is 2. The SMILES string of the molecule is CC(C)(C(O)c1ccc(F)cc1F)N1CCCCC1. The highest BCUT2D eigenvalue weighted by molar-refractivity contribution is 5.23. The van der Waals surface area contributed by atoms with Gasteiger partial charge in [0, 0.05) is 17.2 Å². The molecule has 0 spiro atoms. The quantitative estimate of drug-likeness (QED) is 0.910. The fourth-order valence-corrected chi connectivity index (χ4v) is 2.75. The summed E-state index contributed by atoms with van der Waals surface area (Å²) in [6, 6.07) is 3.35. The summed E-state index contributed by atoms with van der Waals surface area (Å²) >= 11 is 0. The molecule has 1 atom stereocenters. The lowest BCUT2D eigenvalue weighted by Crippen LogP contribution is -2.50. The summed E-state index contributed by atoms with van der Waals surface area (Å²) in [4.78, 5) is 2.18. The van der Waals surface area contributed by atoms with Crippen LogP contribution in [0.2, 0.25) is 0 Å². The molecule has 1 aromatic rings. The van der Waals surface area contributed by atoms with Crippen molar-refractivity contribution in [3.63, 3.8) is 0 Å². The first-order valence-corrected chi connectivity index (χ1v) is 6.81. The Morgan fingerprint density at radius 1 is 1.16 bits per heavy atom. The third-order valence-corrected chi connectivity index (χ3v) is 4.10. The molecule has 0 aliphatic carbocycles. The molecule has 4 heteroatoms. The first-order chi connectivity index (χ1) is 8.93. The zero-order valence-corrected chi connectivity index (χ0v) is 11.5. The lowest BCUT2D eigenvalue weighted by atomic mass is 9.87. The third kappa shape index (κ3) is 2.95. The molecule has 1 aliphatic heterocycles. The smallest absolute Gasteiger partial charge is 0.131 e. The van der Waals surface area contributed by atoms with E-state index in [0.717, 1.165) is 32.0 Å².